The van der Waals surface area contributed by atoms with Crippen molar-refractivity contribution in [2.75, 3.05) is 0 Å². The fourth-order valence-electron chi connectivity index (χ4n) is 6.66. The van der Waals surface area contributed by atoms with Gasteiger partial charge in [0.05, 0.1) is 16.4 Å². The summed E-state index contributed by atoms with van der Waals surface area (Å²) in [7, 11) is 0. The maximum absolute atomic E-state index is 6.78. The van der Waals surface area contributed by atoms with E-state index < -0.39 is 0 Å². The topological polar surface area (TPSA) is 18.1 Å². The quantitative estimate of drug-likeness (QED) is 0.212. The molecule has 2 heteroatoms. The van der Waals surface area contributed by atoms with Crippen molar-refractivity contribution in [2.24, 2.45) is 0 Å². The van der Waals surface area contributed by atoms with E-state index in [2.05, 4.69) is 132 Å². The molecule has 38 heavy (non-hydrogen) atoms. The van der Waals surface area contributed by atoms with Gasteiger partial charge in [0.1, 0.15) is 11.2 Å². The molecular formula is C36H21NO. The van der Waals surface area contributed by atoms with Crippen LogP contribution in [-0.4, -0.2) is 4.57 Å². The van der Waals surface area contributed by atoms with Crippen LogP contribution in [0.1, 0.15) is 0 Å². The molecule has 0 aliphatic rings. The van der Waals surface area contributed by atoms with Gasteiger partial charge in [-0.05, 0) is 39.7 Å². The van der Waals surface area contributed by atoms with Crippen LogP contribution in [-0.2, 0) is 0 Å². The monoisotopic (exact) mass is 483 g/mol. The van der Waals surface area contributed by atoms with Crippen LogP contribution in [0.5, 0.6) is 0 Å². The van der Waals surface area contributed by atoms with Crippen molar-refractivity contribution in [3.8, 4) is 5.69 Å². The second-order valence-corrected chi connectivity index (χ2v) is 10.1. The molecule has 0 unspecified atom stereocenters. The molecule has 0 bridgehead atoms. The molecule has 2 aromatic heterocycles. The molecule has 2 heterocycles. The van der Waals surface area contributed by atoms with E-state index in [9.17, 15) is 0 Å². The molecule has 7 aromatic carbocycles. The third-order valence-corrected chi connectivity index (χ3v) is 8.13. The smallest absolute Gasteiger partial charge is 0.146 e. The molecule has 9 rings (SSSR count). The Morgan fingerprint density at radius 1 is 0.368 bits per heavy atom. The Morgan fingerprint density at radius 3 is 1.55 bits per heavy atom. The van der Waals surface area contributed by atoms with Crippen LogP contribution in [0.3, 0.4) is 0 Å². The molecule has 0 amide bonds. The Morgan fingerprint density at radius 2 is 0.842 bits per heavy atom. The van der Waals surface area contributed by atoms with Crippen LogP contribution >= 0.6 is 0 Å². The van der Waals surface area contributed by atoms with Gasteiger partial charge in [-0.2, -0.15) is 0 Å². The zero-order valence-electron chi connectivity index (χ0n) is 20.5. The van der Waals surface area contributed by atoms with E-state index in [0.29, 0.717) is 0 Å². The lowest BCUT2D eigenvalue weighted by molar-refractivity contribution is 0.673. The number of hydrogen-bond donors (Lipinski definition) is 0. The number of aromatic nitrogens is 1. The van der Waals surface area contributed by atoms with E-state index in [0.717, 1.165) is 22.2 Å². The molecule has 9 aromatic rings. The largest absolute Gasteiger partial charge is 0.455 e. The summed E-state index contributed by atoms with van der Waals surface area (Å²) in [5, 5.41) is 12.2. The molecule has 0 saturated heterocycles. The average molecular weight is 484 g/mol. The average Bonchev–Trinajstić information content (AvgIpc) is 3.55. The number of para-hydroxylation sites is 2. The van der Waals surface area contributed by atoms with Gasteiger partial charge in [-0.25, -0.2) is 0 Å². The molecular weight excluding hydrogens is 462 g/mol. The minimum atomic E-state index is 0.922. The van der Waals surface area contributed by atoms with E-state index in [4.69, 9.17) is 4.42 Å². The number of furan rings is 1. The summed E-state index contributed by atoms with van der Waals surface area (Å²) in [5.74, 6) is 0. The van der Waals surface area contributed by atoms with E-state index in [1.165, 1.54) is 59.5 Å². The molecule has 2 nitrogen and oxygen atoms in total. The first-order chi connectivity index (χ1) is 18.9. The van der Waals surface area contributed by atoms with E-state index in [-0.39, 0.29) is 0 Å². The van der Waals surface area contributed by atoms with Gasteiger partial charge < -0.3 is 8.98 Å². The van der Waals surface area contributed by atoms with Gasteiger partial charge in [0.25, 0.3) is 0 Å². The van der Waals surface area contributed by atoms with Gasteiger partial charge in [-0.15, -0.1) is 0 Å². The number of fused-ring (bicyclic) bond motifs is 15. The summed E-state index contributed by atoms with van der Waals surface area (Å²) in [6.07, 6.45) is 0. The number of benzene rings is 7. The lowest BCUT2D eigenvalue weighted by Crippen LogP contribution is -1.95. The van der Waals surface area contributed by atoms with Crippen LogP contribution in [0.15, 0.2) is 132 Å². The summed E-state index contributed by atoms with van der Waals surface area (Å²) in [6, 6.07) is 45.6. The number of nitrogens with zero attached hydrogens (tertiary/aromatic N) is 1. The van der Waals surface area contributed by atoms with Crippen molar-refractivity contribution >= 4 is 76.1 Å². The first-order valence-corrected chi connectivity index (χ1v) is 13.0. The van der Waals surface area contributed by atoms with Crippen molar-refractivity contribution in [3.63, 3.8) is 0 Å². The fraction of sp³-hybridized carbons (Fsp3) is 0. The highest BCUT2D eigenvalue weighted by atomic mass is 16.3. The van der Waals surface area contributed by atoms with Gasteiger partial charge >= 0.3 is 0 Å². The van der Waals surface area contributed by atoms with Gasteiger partial charge in [-0.1, -0.05) is 109 Å². The first-order valence-electron chi connectivity index (χ1n) is 13.0. The predicted molar refractivity (Wildman–Crippen MR) is 161 cm³/mol. The molecule has 176 valence electrons. The molecule has 0 N–H and O–H groups in total. The minimum absolute atomic E-state index is 0.922. The summed E-state index contributed by atoms with van der Waals surface area (Å²) in [6.45, 7) is 0. The third kappa shape index (κ3) is 2.42. The third-order valence-electron chi connectivity index (χ3n) is 8.13. The number of hydrogen-bond acceptors (Lipinski definition) is 1. The summed E-state index contributed by atoms with van der Waals surface area (Å²) < 4.78 is 9.25. The Balaban J connectivity index is 1.74. The highest BCUT2D eigenvalue weighted by Gasteiger charge is 2.25. The van der Waals surface area contributed by atoms with Gasteiger partial charge in [0, 0.05) is 32.6 Å². The van der Waals surface area contributed by atoms with Crippen LogP contribution in [0.2, 0.25) is 0 Å². The maximum Gasteiger partial charge on any atom is 0.146 e. The highest BCUT2D eigenvalue weighted by Crippen LogP contribution is 2.49. The molecule has 0 aliphatic heterocycles. The second-order valence-electron chi connectivity index (χ2n) is 10.1. The lowest BCUT2D eigenvalue weighted by Gasteiger charge is -2.12. The molecule has 0 spiro atoms. The maximum atomic E-state index is 6.78. The van der Waals surface area contributed by atoms with E-state index >= 15 is 0 Å². The van der Waals surface area contributed by atoms with Gasteiger partial charge in [-0.3, -0.25) is 0 Å². The number of rotatable bonds is 1. The van der Waals surface area contributed by atoms with Crippen LogP contribution in [0.25, 0.3) is 81.7 Å². The van der Waals surface area contributed by atoms with Crippen LogP contribution in [0, 0.1) is 0 Å². The Labute approximate surface area is 217 Å². The zero-order valence-corrected chi connectivity index (χ0v) is 20.5. The lowest BCUT2D eigenvalue weighted by atomic mass is 9.95. The summed E-state index contributed by atoms with van der Waals surface area (Å²) >= 11 is 0. The first kappa shape index (κ1) is 20.0. The molecule has 0 aliphatic carbocycles. The zero-order chi connectivity index (χ0) is 24.8. The van der Waals surface area contributed by atoms with Crippen molar-refractivity contribution in [2.45, 2.75) is 0 Å². The van der Waals surface area contributed by atoms with Crippen molar-refractivity contribution in [3.05, 3.63) is 127 Å². The van der Waals surface area contributed by atoms with E-state index in [1.807, 2.05) is 0 Å². The Kier molecular flexibility index (Phi) is 3.82. The van der Waals surface area contributed by atoms with Crippen molar-refractivity contribution in [1.82, 2.24) is 4.57 Å². The van der Waals surface area contributed by atoms with Crippen LogP contribution in [0.4, 0.5) is 0 Å². The van der Waals surface area contributed by atoms with Crippen LogP contribution < -0.4 is 0 Å². The fourth-order valence-corrected chi connectivity index (χ4v) is 6.66. The normalized spacial score (nSPS) is 12.2. The minimum Gasteiger partial charge on any atom is -0.455 e. The predicted octanol–water partition coefficient (Wildman–Crippen LogP) is 10.1. The van der Waals surface area contributed by atoms with Gasteiger partial charge in [0.2, 0.25) is 0 Å². The van der Waals surface area contributed by atoms with Gasteiger partial charge in [0.15, 0.2) is 0 Å². The van der Waals surface area contributed by atoms with Crippen molar-refractivity contribution < 1.29 is 4.42 Å². The standard InChI is InChI=1S/C36H21NO/c1-2-12-22(13-3-1)37-34-27-18-8-5-15-24(27)23-14-4-6-16-25(23)32(34)33-35(37)28-19-9-7-17-26(28)31-29-20-10-11-21-30(29)38-36(31)33/h1-21H. The SMILES string of the molecule is c1ccc(-n2c3c4ccccc4c4ccccc4c3c3c4oc5ccccc5c4c4ccccc4c32)cc1. The summed E-state index contributed by atoms with van der Waals surface area (Å²) in [4.78, 5) is 0. The Hall–Kier alpha value is -5.08. The summed E-state index contributed by atoms with van der Waals surface area (Å²) in [5.41, 5.74) is 5.44. The molecule has 0 saturated carbocycles. The molecule has 0 atom stereocenters. The highest BCUT2D eigenvalue weighted by molar-refractivity contribution is 6.41. The Bertz CT molecular complexity index is 2390. The van der Waals surface area contributed by atoms with Crippen molar-refractivity contribution in [1.29, 1.82) is 0 Å². The molecule has 0 radical (unpaired) electrons. The molecule has 0 fully saturated rings. The van der Waals surface area contributed by atoms with E-state index in [1.54, 1.807) is 0 Å². The second kappa shape index (κ2) is 7.24.